The number of nitriles is 1. The molecule has 3 rings (SSSR count). The highest BCUT2D eigenvalue weighted by molar-refractivity contribution is 6.06. The van der Waals surface area contributed by atoms with Crippen LogP contribution in [0.2, 0.25) is 0 Å². The summed E-state index contributed by atoms with van der Waals surface area (Å²) in [6.07, 6.45) is 6.95. The Morgan fingerprint density at radius 1 is 1.32 bits per heavy atom. The molecule has 4 atom stereocenters. The van der Waals surface area contributed by atoms with Crippen molar-refractivity contribution in [3.05, 3.63) is 41.1 Å². The number of carbonyl (C=O) groups is 1. The van der Waals surface area contributed by atoms with E-state index in [-0.39, 0.29) is 11.5 Å². The van der Waals surface area contributed by atoms with Gasteiger partial charge in [0.25, 0.3) is 5.91 Å². The average molecular weight is 337 g/mol. The van der Waals surface area contributed by atoms with Crippen LogP contribution in [-0.2, 0) is 4.79 Å². The minimum atomic E-state index is -0.359. The van der Waals surface area contributed by atoms with E-state index in [0.717, 1.165) is 28.7 Å². The molecule has 0 aromatic heterocycles. The fourth-order valence-corrected chi connectivity index (χ4v) is 4.54. The van der Waals surface area contributed by atoms with Crippen molar-refractivity contribution in [1.29, 1.82) is 5.26 Å². The van der Waals surface area contributed by atoms with Crippen LogP contribution in [0.15, 0.2) is 30.0 Å². The summed E-state index contributed by atoms with van der Waals surface area (Å²) in [4.78, 5) is 12.4. The van der Waals surface area contributed by atoms with Gasteiger partial charge in [-0.1, -0.05) is 24.1 Å². The second-order valence-electron chi connectivity index (χ2n) is 7.74. The number of hydrogen-bond donors (Lipinski definition) is 2. The Labute approximate surface area is 150 Å². The van der Waals surface area contributed by atoms with Gasteiger partial charge in [-0.15, -0.1) is 0 Å². The Morgan fingerprint density at radius 3 is 2.72 bits per heavy atom. The zero-order valence-corrected chi connectivity index (χ0v) is 15.3. The van der Waals surface area contributed by atoms with Crippen LogP contribution >= 0.6 is 0 Å². The molecule has 4 unspecified atom stereocenters. The number of rotatable bonds is 5. The summed E-state index contributed by atoms with van der Waals surface area (Å²) in [5, 5.41) is 15.5. The Kier molecular flexibility index (Phi) is 5.13. The molecule has 2 saturated carbocycles. The van der Waals surface area contributed by atoms with E-state index >= 15 is 0 Å². The lowest BCUT2D eigenvalue weighted by Crippen LogP contribution is -2.34. The number of nitrogens with one attached hydrogen (secondary N) is 2. The first-order valence-electron chi connectivity index (χ1n) is 9.23. The second kappa shape index (κ2) is 7.31. The van der Waals surface area contributed by atoms with Crippen LogP contribution in [0.4, 0.5) is 5.69 Å². The van der Waals surface area contributed by atoms with E-state index in [9.17, 15) is 10.1 Å². The number of carbonyl (C=O) groups excluding carboxylic acids is 1. The standard InChI is InChI=1S/C21H27N3O/c1-13-4-7-20(14(2)8-13)24-21(25)18(11-22)12-23-15(3)19-10-16-5-6-17(19)9-16/h4,7-8,12,15-17,19,23H,5-6,9-10H2,1-3H3,(H,24,25)/b18-12-. The van der Waals surface area contributed by atoms with Gasteiger partial charge in [-0.2, -0.15) is 5.26 Å². The number of benzene rings is 1. The minimum absolute atomic E-state index is 0.120. The van der Waals surface area contributed by atoms with Crippen LogP contribution in [0.1, 0.15) is 43.7 Å². The Hall–Kier alpha value is -2.28. The molecule has 132 valence electrons. The molecular weight excluding hydrogens is 310 g/mol. The van der Waals surface area contributed by atoms with Crippen molar-refractivity contribution in [3.63, 3.8) is 0 Å². The maximum atomic E-state index is 12.4. The summed E-state index contributed by atoms with van der Waals surface area (Å²) in [5.74, 6) is 2.02. The number of hydrogen-bond acceptors (Lipinski definition) is 3. The quantitative estimate of drug-likeness (QED) is 0.629. The molecule has 4 nitrogen and oxygen atoms in total. The minimum Gasteiger partial charge on any atom is -0.387 e. The molecule has 0 spiro atoms. The van der Waals surface area contributed by atoms with E-state index in [1.807, 2.05) is 38.1 Å². The maximum Gasteiger partial charge on any atom is 0.267 e. The summed E-state index contributed by atoms with van der Waals surface area (Å²) in [6.45, 7) is 6.13. The smallest absolute Gasteiger partial charge is 0.267 e. The molecule has 2 aliphatic rings. The monoisotopic (exact) mass is 337 g/mol. The predicted octanol–water partition coefficient (Wildman–Crippen LogP) is 4.06. The van der Waals surface area contributed by atoms with E-state index in [1.54, 1.807) is 6.20 Å². The molecule has 0 heterocycles. The van der Waals surface area contributed by atoms with Crippen molar-refractivity contribution in [2.75, 3.05) is 5.32 Å². The number of anilines is 1. The van der Waals surface area contributed by atoms with Gasteiger partial charge in [-0.05, 0) is 69.4 Å². The van der Waals surface area contributed by atoms with Crippen LogP contribution < -0.4 is 10.6 Å². The molecule has 0 radical (unpaired) electrons. The van der Waals surface area contributed by atoms with Gasteiger partial charge in [0.05, 0.1) is 0 Å². The first-order valence-corrected chi connectivity index (χ1v) is 9.23. The second-order valence-corrected chi connectivity index (χ2v) is 7.74. The van der Waals surface area contributed by atoms with Gasteiger partial charge < -0.3 is 10.6 Å². The molecule has 0 aliphatic heterocycles. The van der Waals surface area contributed by atoms with Crippen molar-refractivity contribution in [3.8, 4) is 6.07 Å². The SMILES string of the molecule is Cc1ccc(NC(=O)/C(C#N)=C\NC(C)C2CC3CCC2C3)c(C)c1. The van der Waals surface area contributed by atoms with E-state index in [4.69, 9.17) is 0 Å². The zero-order valence-electron chi connectivity index (χ0n) is 15.3. The third-order valence-corrected chi connectivity index (χ3v) is 5.92. The van der Waals surface area contributed by atoms with Crippen LogP contribution in [0, 0.1) is 42.9 Å². The Bertz CT molecular complexity index is 731. The van der Waals surface area contributed by atoms with E-state index in [0.29, 0.717) is 12.0 Å². The van der Waals surface area contributed by atoms with E-state index < -0.39 is 0 Å². The predicted molar refractivity (Wildman–Crippen MR) is 99.8 cm³/mol. The number of aryl methyl sites for hydroxylation is 2. The molecule has 2 fully saturated rings. The lowest BCUT2D eigenvalue weighted by atomic mass is 9.84. The van der Waals surface area contributed by atoms with Crippen LogP contribution in [0.25, 0.3) is 0 Å². The van der Waals surface area contributed by atoms with Crippen molar-refractivity contribution in [2.45, 2.75) is 52.5 Å². The number of fused-ring (bicyclic) bond motifs is 2. The molecule has 2 N–H and O–H groups in total. The number of nitrogens with zero attached hydrogens (tertiary/aromatic N) is 1. The highest BCUT2D eigenvalue weighted by atomic mass is 16.1. The summed E-state index contributed by atoms with van der Waals surface area (Å²) < 4.78 is 0. The van der Waals surface area contributed by atoms with Crippen LogP contribution in [0.3, 0.4) is 0 Å². The fraction of sp³-hybridized carbons (Fsp3) is 0.524. The first-order chi connectivity index (χ1) is 12.0. The van der Waals surface area contributed by atoms with E-state index in [2.05, 4.69) is 17.6 Å². The van der Waals surface area contributed by atoms with Crippen molar-refractivity contribution < 1.29 is 4.79 Å². The van der Waals surface area contributed by atoms with Gasteiger partial charge in [0.1, 0.15) is 11.6 Å². The highest BCUT2D eigenvalue weighted by Gasteiger charge is 2.41. The average Bonchev–Trinajstić information content (AvgIpc) is 3.21. The van der Waals surface area contributed by atoms with Crippen LogP contribution in [-0.4, -0.2) is 11.9 Å². The third-order valence-electron chi connectivity index (χ3n) is 5.92. The van der Waals surface area contributed by atoms with Gasteiger partial charge in [0, 0.05) is 17.9 Å². The van der Waals surface area contributed by atoms with Gasteiger partial charge in [-0.25, -0.2) is 0 Å². The maximum absolute atomic E-state index is 12.4. The van der Waals surface area contributed by atoms with Gasteiger partial charge in [0.2, 0.25) is 0 Å². The van der Waals surface area contributed by atoms with Gasteiger partial charge >= 0.3 is 0 Å². The molecule has 1 amide bonds. The highest BCUT2D eigenvalue weighted by Crippen LogP contribution is 2.49. The lowest BCUT2D eigenvalue weighted by molar-refractivity contribution is -0.112. The molecule has 25 heavy (non-hydrogen) atoms. The Balaban J connectivity index is 1.61. The Morgan fingerprint density at radius 2 is 2.12 bits per heavy atom. The molecule has 1 aromatic rings. The molecular formula is C21H27N3O. The lowest BCUT2D eigenvalue weighted by Gasteiger charge is -2.28. The van der Waals surface area contributed by atoms with Crippen molar-refractivity contribution in [1.82, 2.24) is 5.32 Å². The largest absolute Gasteiger partial charge is 0.387 e. The molecule has 0 saturated heterocycles. The molecule has 4 heteroatoms. The van der Waals surface area contributed by atoms with E-state index in [1.165, 1.54) is 25.7 Å². The van der Waals surface area contributed by atoms with Crippen LogP contribution in [0.5, 0.6) is 0 Å². The van der Waals surface area contributed by atoms with Gasteiger partial charge in [0.15, 0.2) is 0 Å². The molecule has 2 aliphatic carbocycles. The normalized spacial score (nSPS) is 26.2. The third kappa shape index (κ3) is 3.87. The summed E-state index contributed by atoms with van der Waals surface area (Å²) in [6, 6.07) is 8.16. The summed E-state index contributed by atoms with van der Waals surface area (Å²) in [5.41, 5.74) is 3.01. The van der Waals surface area contributed by atoms with Crippen molar-refractivity contribution in [2.24, 2.45) is 17.8 Å². The molecule has 1 aromatic carbocycles. The molecule has 2 bridgehead atoms. The number of amides is 1. The summed E-state index contributed by atoms with van der Waals surface area (Å²) in [7, 11) is 0. The van der Waals surface area contributed by atoms with Gasteiger partial charge in [-0.3, -0.25) is 4.79 Å². The van der Waals surface area contributed by atoms with Crippen molar-refractivity contribution >= 4 is 11.6 Å². The summed E-state index contributed by atoms with van der Waals surface area (Å²) >= 11 is 0. The zero-order chi connectivity index (χ0) is 18.0. The first kappa shape index (κ1) is 17.5. The topological polar surface area (TPSA) is 64.9 Å². The fourth-order valence-electron chi connectivity index (χ4n) is 4.54.